The maximum Gasteiger partial charge on any atom is 0.329 e. The van der Waals surface area contributed by atoms with Gasteiger partial charge in [0.05, 0.1) is 11.4 Å². The van der Waals surface area contributed by atoms with Gasteiger partial charge in [0.1, 0.15) is 23.3 Å². The summed E-state index contributed by atoms with van der Waals surface area (Å²) in [6, 6.07) is 5.05. The summed E-state index contributed by atoms with van der Waals surface area (Å²) in [7, 11) is 0. The molecule has 1 aromatic rings. The molecule has 4 amide bonds. The average molecular weight is 526 g/mol. The number of benzene rings is 1. The van der Waals surface area contributed by atoms with Crippen LogP contribution in [-0.2, 0) is 21.0 Å². The van der Waals surface area contributed by atoms with Crippen molar-refractivity contribution >= 4 is 46.8 Å². The van der Waals surface area contributed by atoms with Crippen molar-refractivity contribution < 1.29 is 18.9 Å². The van der Waals surface area contributed by atoms with Gasteiger partial charge in [-0.1, -0.05) is 19.4 Å². The highest BCUT2D eigenvalue weighted by Crippen LogP contribution is 2.36. The van der Waals surface area contributed by atoms with Crippen LogP contribution in [-0.4, -0.2) is 57.7 Å². The molecule has 2 saturated heterocycles. The molecule has 3 heterocycles. The molecule has 1 aliphatic carbocycles. The molecular weight excluding hydrogens is 490 g/mol. The van der Waals surface area contributed by atoms with Gasteiger partial charge in [0.2, 0.25) is 5.91 Å². The van der Waals surface area contributed by atoms with E-state index in [1.54, 1.807) is 11.5 Å². The summed E-state index contributed by atoms with van der Waals surface area (Å²) >= 11 is -1.33. The standard InChI is InChI=1S/C27H35N5O4S/c1-3-19-4-6-21(7-5-19)24-29-25(34)27(30-24)11-13-31(14-12-27)37(36)15-10-20-8-9-22(16-18(20)2)32-17-23(33)28-26(32)35/h8-10,15-16,19,21H,3-7,11-14,17H2,1-2H3,(H,28,33,35)(H,29,30,34)/b15-10+/t19-,21-,37?. The molecule has 0 bridgehead atoms. The molecule has 4 aliphatic rings. The van der Waals surface area contributed by atoms with Crippen LogP contribution in [0.3, 0.4) is 0 Å². The molecule has 10 heteroatoms. The lowest BCUT2D eigenvalue weighted by Crippen LogP contribution is -2.50. The zero-order valence-corrected chi connectivity index (χ0v) is 22.3. The fraction of sp³-hybridized carbons (Fsp3) is 0.556. The quantitative estimate of drug-likeness (QED) is 0.437. The summed E-state index contributed by atoms with van der Waals surface area (Å²) < 4.78 is 14.9. The van der Waals surface area contributed by atoms with Crippen molar-refractivity contribution in [3.05, 3.63) is 34.7 Å². The maximum atomic E-state index is 13.0. The van der Waals surface area contributed by atoms with Gasteiger partial charge in [-0.25, -0.2) is 4.79 Å². The van der Waals surface area contributed by atoms with E-state index in [1.807, 2.05) is 29.4 Å². The Bertz CT molecular complexity index is 1140. The van der Waals surface area contributed by atoms with Crippen molar-refractivity contribution in [3.63, 3.8) is 0 Å². The second-order valence-corrected chi connectivity index (χ2v) is 11.9. The third-order valence-corrected chi connectivity index (χ3v) is 9.58. The third kappa shape index (κ3) is 5.32. The predicted molar refractivity (Wildman–Crippen MR) is 144 cm³/mol. The van der Waals surface area contributed by atoms with Crippen molar-refractivity contribution in [1.29, 1.82) is 0 Å². The van der Waals surface area contributed by atoms with E-state index >= 15 is 0 Å². The lowest BCUT2D eigenvalue weighted by molar-refractivity contribution is -0.125. The first-order chi connectivity index (χ1) is 17.8. The summed E-state index contributed by atoms with van der Waals surface area (Å²) in [5.41, 5.74) is 1.73. The Kier molecular flexibility index (Phi) is 7.42. The fourth-order valence-electron chi connectivity index (χ4n) is 5.84. The van der Waals surface area contributed by atoms with E-state index in [1.165, 1.54) is 24.2 Å². The van der Waals surface area contributed by atoms with Crippen LogP contribution in [0.2, 0.25) is 0 Å². The number of rotatable bonds is 6. The summed E-state index contributed by atoms with van der Waals surface area (Å²) in [5.74, 6) is 1.72. The average Bonchev–Trinajstić information content (AvgIpc) is 3.41. The number of urea groups is 1. The van der Waals surface area contributed by atoms with E-state index in [4.69, 9.17) is 4.99 Å². The number of nitrogens with one attached hydrogen (secondary N) is 2. The monoisotopic (exact) mass is 525 g/mol. The summed E-state index contributed by atoms with van der Waals surface area (Å²) in [6.45, 7) is 5.26. The number of carbonyl (C=O) groups excluding carboxylic acids is 3. The first kappa shape index (κ1) is 25.9. The number of carbonyl (C=O) groups is 3. The Morgan fingerprint density at radius 3 is 2.49 bits per heavy atom. The van der Waals surface area contributed by atoms with Gasteiger partial charge in [0.25, 0.3) is 5.91 Å². The number of nitrogens with zero attached hydrogens (tertiary/aromatic N) is 3. The highest BCUT2D eigenvalue weighted by atomic mass is 32.2. The Hall–Kier alpha value is -2.69. The Morgan fingerprint density at radius 2 is 1.86 bits per heavy atom. The van der Waals surface area contributed by atoms with Crippen LogP contribution in [0.15, 0.2) is 28.6 Å². The zero-order chi connectivity index (χ0) is 26.2. The Labute approximate surface area is 221 Å². The number of piperidine rings is 1. The van der Waals surface area contributed by atoms with Crippen molar-refractivity contribution in [2.45, 2.75) is 64.3 Å². The molecule has 37 heavy (non-hydrogen) atoms. The van der Waals surface area contributed by atoms with Gasteiger partial charge in [-0.3, -0.25) is 24.8 Å². The number of anilines is 1. The van der Waals surface area contributed by atoms with E-state index in [-0.39, 0.29) is 18.4 Å². The second-order valence-electron chi connectivity index (χ2n) is 10.6. The molecule has 9 nitrogen and oxygen atoms in total. The van der Waals surface area contributed by atoms with Crippen LogP contribution in [0.5, 0.6) is 0 Å². The first-order valence-electron chi connectivity index (χ1n) is 13.2. The van der Waals surface area contributed by atoms with Gasteiger partial charge in [-0.05, 0) is 80.7 Å². The van der Waals surface area contributed by atoms with Gasteiger partial charge in [-0.2, -0.15) is 0 Å². The van der Waals surface area contributed by atoms with E-state index in [0.717, 1.165) is 35.7 Å². The number of aryl methyl sites for hydroxylation is 1. The molecule has 1 unspecified atom stereocenters. The smallest absolute Gasteiger partial charge is 0.329 e. The SMILES string of the molecule is CC[C@H]1CC[C@H](C2=NC3(CCN([S+]([O-])/C=C/c4ccc(N5CC(=O)NC5=O)cc4C)CC3)C(=O)N2)CC1. The second kappa shape index (κ2) is 10.6. The molecule has 5 rings (SSSR count). The minimum absolute atomic E-state index is 0.00480. The van der Waals surface area contributed by atoms with Crippen LogP contribution < -0.4 is 15.5 Å². The van der Waals surface area contributed by atoms with Crippen LogP contribution in [0.4, 0.5) is 10.5 Å². The summed E-state index contributed by atoms with van der Waals surface area (Å²) in [5, 5.41) is 7.04. The molecule has 198 valence electrons. The zero-order valence-electron chi connectivity index (χ0n) is 21.5. The van der Waals surface area contributed by atoms with Gasteiger partial charge >= 0.3 is 6.03 Å². The van der Waals surface area contributed by atoms with E-state index in [0.29, 0.717) is 37.5 Å². The number of hydrogen-bond donors (Lipinski definition) is 2. The van der Waals surface area contributed by atoms with Gasteiger partial charge in [0, 0.05) is 24.7 Å². The molecule has 1 spiro atoms. The molecule has 3 fully saturated rings. The van der Waals surface area contributed by atoms with Crippen molar-refractivity contribution in [2.24, 2.45) is 16.8 Å². The molecule has 1 saturated carbocycles. The highest BCUT2D eigenvalue weighted by Gasteiger charge is 2.48. The first-order valence-corrected chi connectivity index (χ1v) is 14.4. The molecular formula is C27H35N5O4S. The summed E-state index contributed by atoms with van der Waals surface area (Å²) in [6.07, 6.45) is 8.78. The van der Waals surface area contributed by atoms with Crippen LogP contribution in [0.1, 0.15) is 63.0 Å². The number of aliphatic imine (C=N–C) groups is 1. The summed E-state index contributed by atoms with van der Waals surface area (Å²) in [4.78, 5) is 42.7. The minimum Gasteiger partial charge on any atom is -0.593 e. The minimum atomic E-state index is -1.33. The number of amides is 4. The highest BCUT2D eigenvalue weighted by molar-refractivity contribution is 7.92. The Balaban J connectivity index is 1.17. The molecule has 1 atom stereocenters. The van der Waals surface area contributed by atoms with Crippen LogP contribution in [0.25, 0.3) is 6.08 Å². The van der Waals surface area contributed by atoms with Crippen LogP contribution in [0, 0.1) is 18.8 Å². The van der Waals surface area contributed by atoms with Crippen molar-refractivity contribution in [1.82, 2.24) is 14.9 Å². The fourth-order valence-corrected chi connectivity index (χ4v) is 6.81. The number of imide groups is 1. The predicted octanol–water partition coefficient (Wildman–Crippen LogP) is 3.26. The largest absolute Gasteiger partial charge is 0.593 e. The lowest BCUT2D eigenvalue weighted by atomic mass is 9.80. The maximum absolute atomic E-state index is 13.0. The van der Waals surface area contributed by atoms with Gasteiger partial charge < -0.3 is 9.87 Å². The molecule has 1 aromatic carbocycles. The molecule has 3 aliphatic heterocycles. The molecule has 2 N–H and O–H groups in total. The van der Waals surface area contributed by atoms with E-state index in [9.17, 15) is 18.9 Å². The number of amidine groups is 1. The lowest BCUT2D eigenvalue weighted by Gasteiger charge is -2.34. The molecule has 0 radical (unpaired) electrons. The van der Waals surface area contributed by atoms with E-state index < -0.39 is 22.9 Å². The molecule has 0 aromatic heterocycles. The normalized spacial score (nSPS) is 27.1. The van der Waals surface area contributed by atoms with Crippen molar-refractivity contribution in [3.8, 4) is 0 Å². The Morgan fingerprint density at radius 1 is 1.14 bits per heavy atom. The topological polar surface area (TPSA) is 117 Å². The van der Waals surface area contributed by atoms with Gasteiger partial charge in [0.15, 0.2) is 0 Å². The van der Waals surface area contributed by atoms with Crippen LogP contribution >= 0.6 is 0 Å². The van der Waals surface area contributed by atoms with E-state index in [2.05, 4.69) is 17.6 Å². The third-order valence-electron chi connectivity index (χ3n) is 8.34. The van der Waals surface area contributed by atoms with Gasteiger partial charge in [-0.15, -0.1) is 4.31 Å². The number of hydrogen-bond acceptors (Lipinski definition) is 6. The van der Waals surface area contributed by atoms with Crippen molar-refractivity contribution in [2.75, 3.05) is 24.5 Å².